The Kier molecular flexibility index (Phi) is 6.73. The fourth-order valence-electron chi connectivity index (χ4n) is 2.13. The Morgan fingerprint density at radius 3 is 2.35 bits per heavy atom. The number of carbonyl (C=O) groups excluding carboxylic acids is 2. The molecule has 0 unspecified atom stereocenters. The third kappa shape index (κ3) is 5.62. The van der Waals surface area contributed by atoms with Gasteiger partial charge in [-0.1, -0.05) is 18.2 Å². The number of benzene rings is 2. The Morgan fingerprint density at radius 1 is 1.00 bits per heavy atom. The molecule has 0 radical (unpaired) electrons. The summed E-state index contributed by atoms with van der Waals surface area (Å²) in [7, 11) is 3.06. The van der Waals surface area contributed by atoms with Gasteiger partial charge in [-0.2, -0.15) is 0 Å². The van der Waals surface area contributed by atoms with E-state index in [-0.39, 0.29) is 12.2 Å². The number of ether oxygens (including phenoxy) is 2. The van der Waals surface area contributed by atoms with Gasteiger partial charge in [-0.25, -0.2) is 4.39 Å². The third-order valence-electron chi connectivity index (χ3n) is 3.44. The predicted octanol–water partition coefficient (Wildman–Crippen LogP) is 2.25. The summed E-state index contributed by atoms with van der Waals surface area (Å²) in [6, 6.07) is 10.8. The highest BCUT2D eigenvalue weighted by Gasteiger charge is 2.05. The molecule has 0 aliphatic carbocycles. The van der Waals surface area contributed by atoms with Crippen LogP contribution in [0.5, 0.6) is 11.5 Å². The number of halogens is 1. The highest BCUT2D eigenvalue weighted by Crippen LogP contribution is 2.27. The zero-order valence-corrected chi connectivity index (χ0v) is 14.4. The number of nitrogens with one attached hydrogen (secondary N) is 2. The van der Waals surface area contributed by atoms with E-state index in [1.165, 1.54) is 44.6 Å². The minimum atomic E-state index is -0.493. The second-order valence-corrected chi connectivity index (χ2v) is 5.29. The maximum Gasteiger partial charge on any atom is 0.262 e. The summed E-state index contributed by atoms with van der Waals surface area (Å²) in [5.74, 6) is -0.149. The van der Waals surface area contributed by atoms with E-state index in [0.717, 1.165) is 5.56 Å². The Hall–Kier alpha value is -3.35. The average molecular weight is 358 g/mol. The quantitative estimate of drug-likeness (QED) is 0.613. The summed E-state index contributed by atoms with van der Waals surface area (Å²) in [5, 5.41) is 0. The zero-order valence-electron chi connectivity index (χ0n) is 14.4. The first kappa shape index (κ1) is 19.0. The van der Waals surface area contributed by atoms with Crippen LogP contribution in [0.2, 0.25) is 0 Å². The highest BCUT2D eigenvalue weighted by molar-refractivity contribution is 5.93. The van der Waals surface area contributed by atoms with Gasteiger partial charge < -0.3 is 9.47 Å². The van der Waals surface area contributed by atoms with Gasteiger partial charge in [-0.3, -0.25) is 20.4 Å². The number of carbonyl (C=O) groups is 2. The van der Waals surface area contributed by atoms with E-state index in [0.29, 0.717) is 17.1 Å². The molecule has 6 nitrogen and oxygen atoms in total. The second-order valence-electron chi connectivity index (χ2n) is 5.29. The van der Waals surface area contributed by atoms with Gasteiger partial charge >= 0.3 is 0 Å². The van der Waals surface area contributed by atoms with Crippen LogP contribution in [0.4, 0.5) is 4.39 Å². The van der Waals surface area contributed by atoms with Crippen molar-refractivity contribution in [3.63, 3.8) is 0 Å². The van der Waals surface area contributed by atoms with Gasteiger partial charge in [0.2, 0.25) is 5.91 Å². The van der Waals surface area contributed by atoms with Crippen LogP contribution in [-0.2, 0) is 16.0 Å². The second kappa shape index (κ2) is 9.22. The molecular weight excluding hydrogens is 339 g/mol. The molecule has 0 fully saturated rings. The van der Waals surface area contributed by atoms with Crippen molar-refractivity contribution >= 4 is 17.9 Å². The summed E-state index contributed by atoms with van der Waals surface area (Å²) < 4.78 is 23.1. The summed E-state index contributed by atoms with van der Waals surface area (Å²) >= 11 is 0. The molecule has 0 aliphatic rings. The summed E-state index contributed by atoms with van der Waals surface area (Å²) in [5.41, 5.74) is 5.94. The minimum Gasteiger partial charge on any atom is -0.493 e. The first-order chi connectivity index (χ1) is 12.5. The molecule has 2 rings (SSSR count). The Labute approximate surface area is 150 Å². The largest absolute Gasteiger partial charge is 0.493 e. The molecule has 136 valence electrons. The van der Waals surface area contributed by atoms with Gasteiger partial charge in [-0.05, 0) is 41.5 Å². The van der Waals surface area contributed by atoms with Crippen LogP contribution in [0.15, 0.2) is 48.5 Å². The molecule has 2 aromatic carbocycles. The predicted molar refractivity (Wildman–Crippen MR) is 95.0 cm³/mol. The molecule has 0 spiro atoms. The van der Waals surface area contributed by atoms with Crippen LogP contribution in [0.1, 0.15) is 11.1 Å². The van der Waals surface area contributed by atoms with Gasteiger partial charge in [0.1, 0.15) is 5.82 Å². The summed E-state index contributed by atoms with van der Waals surface area (Å²) in [4.78, 5) is 23.5. The van der Waals surface area contributed by atoms with Gasteiger partial charge in [-0.15, -0.1) is 0 Å². The maximum absolute atomic E-state index is 12.8. The molecule has 0 aromatic heterocycles. The lowest BCUT2D eigenvalue weighted by Crippen LogP contribution is -2.41. The third-order valence-corrected chi connectivity index (χ3v) is 3.44. The monoisotopic (exact) mass is 358 g/mol. The van der Waals surface area contributed by atoms with Gasteiger partial charge in [0.15, 0.2) is 11.5 Å². The topological polar surface area (TPSA) is 76.7 Å². The molecule has 26 heavy (non-hydrogen) atoms. The number of hydrogen-bond acceptors (Lipinski definition) is 4. The van der Waals surface area contributed by atoms with Crippen molar-refractivity contribution in [3.05, 3.63) is 65.5 Å². The molecular formula is C19H19FN2O4. The van der Waals surface area contributed by atoms with Crippen molar-refractivity contribution < 1.29 is 23.5 Å². The fourth-order valence-corrected chi connectivity index (χ4v) is 2.13. The normalized spacial score (nSPS) is 10.4. The summed E-state index contributed by atoms with van der Waals surface area (Å²) in [6.45, 7) is 0. The summed E-state index contributed by atoms with van der Waals surface area (Å²) in [6.07, 6.45) is 2.88. The van der Waals surface area contributed by atoms with Crippen LogP contribution in [0, 0.1) is 5.82 Å². The minimum absolute atomic E-state index is 0.0277. The van der Waals surface area contributed by atoms with Crippen molar-refractivity contribution in [1.82, 2.24) is 10.9 Å². The van der Waals surface area contributed by atoms with Crippen LogP contribution in [0.3, 0.4) is 0 Å². The van der Waals surface area contributed by atoms with E-state index in [2.05, 4.69) is 10.9 Å². The van der Waals surface area contributed by atoms with Crippen LogP contribution < -0.4 is 20.3 Å². The van der Waals surface area contributed by atoms with Crippen LogP contribution in [-0.4, -0.2) is 26.0 Å². The van der Waals surface area contributed by atoms with Gasteiger partial charge in [0.05, 0.1) is 20.6 Å². The number of hydrazine groups is 1. The Balaban J connectivity index is 1.85. The Morgan fingerprint density at radius 2 is 1.69 bits per heavy atom. The molecule has 0 aliphatic heterocycles. The van der Waals surface area contributed by atoms with Crippen molar-refractivity contribution in [2.75, 3.05) is 14.2 Å². The van der Waals surface area contributed by atoms with E-state index in [1.54, 1.807) is 24.3 Å². The molecule has 0 bridgehead atoms. The number of hydrogen-bond donors (Lipinski definition) is 2. The molecule has 0 heterocycles. The molecule has 0 saturated carbocycles. The number of methoxy groups -OCH3 is 2. The lowest BCUT2D eigenvalue weighted by molar-refractivity contribution is -0.126. The van der Waals surface area contributed by atoms with E-state index in [9.17, 15) is 14.0 Å². The van der Waals surface area contributed by atoms with E-state index >= 15 is 0 Å². The molecule has 2 N–H and O–H groups in total. The standard InChI is InChI=1S/C19H19FN2O4/c1-25-16-9-5-13(11-17(16)26-2)6-10-18(23)21-22-19(24)12-14-3-7-15(20)8-4-14/h3-11H,12H2,1-2H3,(H,21,23)(H,22,24)/b10-6+. The van der Waals surface area contributed by atoms with Crippen molar-refractivity contribution in [2.24, 2.45) is 0 Å². The maximum atomic E-state index is 12.8. The van der Waals surface area contributed by atoms with Crippen molar-refractivity contribution in [2.45, 2.75) is 6.42 Å². The van der Waals surface area contributed by atoms with E-state index in [1.807, 2.05) is 0 Å². The first-order valence-electron chi connectivity index (χ1n) is 7.75. The Bertz CT molecular complexity index is 804. The lowest BCUT2D eigenvalue weighted by Gasteiger charge is -2.08. The highest BCUT2D eigenvalue weighted by atomic mass is 19.1. The molecule has 0 atom stereocenters. The zero-order chi connectivity index (χ0) is 18.9. The van der Waals surface area contributed by atoms with Crippen LogP contribution >= 0.6 is 0 Å². The smallest absolute Gasteiger partial charge is 0.262 e. The van der Waals surface area contributed by atoms with Crippen molar-refractivity contribution in [1.29, 1.82) is 0 Å². The van der Waals surface area contributed by atoms with E-state index in [4.69, 9.17) is 9.47 Å². The fraction of sp³-hybridized carbons (Fsp3) is 0.158. The lowest BCUT2D eigenvalue weighted by atomic mass is 10.1. The number of rotatable bonds is 6. The first-order valence-corrected chi connectivity index (χ1v) is 7.75. The molecule has 0 saturated heterocycles. The molecule has 2 aromatic rings. The molecule has 2 amide bonds. The molecule has 7 heteroatoms. The average Bonchev–Trinajstić information content (AvgIpc) is 2.66. The van der Waals surface area contributed by atoms with E-state index < -0.39 is 11.8 Å². The van der Waals surface area contributed by atoms with Crippen LogP contribution in [0.25, 0.3) is 6.08 Å². The van der Waals surface area contributed by atoms with Crippen molar-refractivity contribution in [3.8, 4) is 11.5 Å². The van der Waals surface area contributed by atoms with Gasteiger partial charge in [0, 0.05) is 6.08 Å². The number of amides is 2. The van der Waals surface area contributed by atoms with Gasteiger partial charge in [0.25, 0.3) is 5.91 Å². The SMILES string of the molecule is COc1ccc(/C=C/C(=O)NNC(=O)Cc2ccc(F)cc2)cc1OC.